The molecular formula is C23H23F3N2O3. The Bertz CT molecular complexity index is 950. The Morgan fingerprint density at radius 1 is 0.968 bits per heavy atom. The fraction of sp³-hybridized carbons (Fsp3) is 0.391. The normalized spacial score (nSPS) is 24.0. The summed E-state index contributed by atoms with van der Waals surface area (Å²) in [5, 5.41) is 12.1. The number of rotatable bonds is 4. The van der Waals surface area contributed by atoms with Crippen molar-refractivity contribution in [1.82, 2.24) is 10.2 Å². The number of carboxylic acids is 1. The highest BCUT2D eigenvalue weighted by Gasteiger charge is 2.45. The molecule has 0 bridgehead atoms. The van der Waals surface area contributed by atoms with E-state index < -0.39 is 29.8 Å². The summed E-state index contributed by atoms with van der Waals surface area (Å²) < 4.78 is 40.1. The van der Waals surface area contributed by atoms with Crippen molar-refractivity contribution in [3.63, 3.8) is 0 Å². The Labute approximate surface area is 177 Å². The van der Waals surface area contributed by atoms with Crippen molar-refractivity contribution in [1.29, 1.82) is 0 Å². The molecule has 31 heavy (non-hydrogen) atoms. The molecule has 8 heteroatoms. The second-order valence-corrected chi connectivity index (χ2v) is 8.31. The molecule has 1 aliphatic heterocycles. The molecule has 2 fully saturated rings. The predicted octanol–water partition coefficient (Wildman–Crippen LogP) is 4.67. The van der Waals surface area contributed by atoms with E-state index in [9.17, 15) is 27.9 Å². The molecule has 1 aliphatic carbocycles. The van der Waals surface area contributed by atoms with Crippen molar-refractivity contribution in [3.8, 4) is 0 Å². The smallest absolute Gasteiger partial charge is 0.416 e. The van der Waals surface area contributed by atoms with Gasteiger partial charge < -0.3 is 15.3 Å². The highest BCUT2D eigenvalue weighted by Crippen LogP contribution is 2.48. The monoisotopic (exact) mass is 432 g/mol. The van der Waals surface area contributed by atoms with Crippen LogP contribution in [0.5, 0.6) is 0 Å². The number of alkyl halides is 3. The zero-order chi connectivity index (χ0) is 22.2. The van der Waals surface area contributed by atoms with E-state index in [0.29, 0.717) is 37.1 Å². The summed E-state index contributed by atoms with van der Waals surface area (Å²) in [7, 11) is 0. The van der Waals surface area contributed by atoms with Crippen molar-refractivity contribution in [2.75, 3.05) is 13.1 Å². The first-order valence-corrected chi connectivity index (χ1v) is 10.2. The third-order valence-corrected chi connectivity index (χ3v) is 6.39. The first-order valence-electron chi connectivity index (χ1n) is 10.2. The number of nitrogens with zero attached hydrogens (tertiary/aromatic N) is 1. The van der Waals surface area contributed by atoms with E-state index in [2.05, 4.69) is 5.32 Å². The average molecular weight is 432 g/mol. The summed E-state index contributed by atoms with van der Waals surface area (Å²) in [6, 6.07) is 12.6. The van der Waals surface area contributed by atoms with Crippen LogP contribution in [0.3, 0.4) is 0 Å². The number of halogens is 3. The van der Waals surface area contributed by atoms with Gasteiger partial charge in [-0.1, -0.05) is 48.5 Å². The van der Waals surface area contributed by atoms with E-state index in [0.717, 1.165) is 6.07 Å². The van der Waals surface area contributed by atoms with Gasteiger partial charge in [0.15, 0.2) is 6.04 Å². The molecule has 1 unspecified atom stereocenters. The molecule has 0 radical (unpaired) electrons. The van der Waals surface area contributed by atoms with Crippen molar-refractivity contribution in [2.24, 2.45) is 11.8 Å². The average Bonchev–Trinajstić information content (AvgIpc) is 3.31. The van der Waals surface area contributed by atoms with Crippen LogP contribution in [0.15, 0.2) is 54.6 Å². The largest absolute Gasteiger partial charge is 0.479 e. The number of fused-ring (bicyclic) bond motifs is 1. The van der Waals surface area contributed by atoms with Crippen LogP contribution in [0.4, 0.5) is 18.0 Å². The number of benzene rings is 2. The Kier molecular flexibility index (Phi) is 5.64. The first kappa shape index (κ1) is 21.2. The maximum absolute atomic E-state index is 13.4. The Hall–Kier alpha value is -3.03. The molecule has 5 nitrogen and oxygen atoms in total. The third kappa shape index (κ3) is 4.38. The molecule has 4 rings (SSSR count). The van der Waals surface area contributed by atoms with Crippen LogP contribution in [0, 0.1) is 11.8 Å². The van der Waals surface area contributed by atoms with E-state index in [1.54, 1.807) is 47.4 Å². The molecule has 2 aromatic carbocycles. The number of hydrogen-bond donors (Lipinski definition) is 2. The number of amides is 2. The zero-order valence-electron chi connectivity index (χ0n) is 16.7. The predicted molar refractivity (Wildman–Crippen MR) is 107 cm³/mol. The molecule has 2 aromatic rings. The lowest BCUT2D eigenvalue weighted by Crippen LogP contribution is -2.43. The van der Waals surface area contributed by atoms with Gasteiger partial charge in [-0.05, 0) is 47.8 Å². The number of carbonyl (C=O) groups excluding carboxylic acids is 1. The van der Waals surface area contributed by atoms with Crippen LogP contribution in [-0.2, 0) is 11.0 Å². The molecule has 1 saturated heterocycles. The van der Waals surface area contributed by atoms with E-state index in [4.69, 9.17) is 0 Å². The summed E-state index contributed by atoms with van der Waals surface area (Å²) in [6.45, 7) is 0.838. The number of hydrogen-bond acceptors (Lipinski definition) is 2. The number of carboxylic acid groups (broad SMARTS) is 1. The summed E-state index contributed by atoms with van der Waals surface area (Å²) in [5.74, 6) is -1.12. The highest BCUT2D eigenvalue weighted by atomic mass is 19.4. The highest BCUT2D eigenvalue weighted by molar-refractivity contribution is 5.83. The van der Waals surface area contributed by atoms with Crippen molar-refractivity contribution >= 4 is 12.0 Å². The maximum atomic E-state index is 13.4. The van der Waals surface area contributed by atoms with Gasteiger partial charge in [0.05, 0.1) is 5.56 Å². The Morgan fingerprint density at radius 3 is 2.13 bits per heavy atom. The minimum atomic E-state index is -4.39. The number of aliphatic carboxylic acids is 1. The number of carbonyl (C=O) groups is 2. The first-order chi connectivity index (χ1) is 14.7. The topological polar surface area (TPSA) is 69.6 Å². The van der Waals surface area contributed by atoms with Gasteiger partial charge in [-0.2, -0.15) is 13.2 Å². The molecule has 0 aromatic heterocycles. The minimum Gasteiger partial charge on any atom is -0.479 e. The molecule has 0 spiro atoms. The van der Waals surface area contributed by atoms with Gasteiger partial charge in [-0.25, -0.2) is 9.59 Å². The zero-order valence-corrected chi connectivity index (χ0v) is 16.7. The van der Waals surface area contributed by atoms with Gasteiger partial charge in [-0.15, -0.1) is 0 Å². The fourth-order valence-corrected chi connectivity index (χ4v) is 4.98. The van der Waals surface area contributed by atoms with Crippen LogP contribution in [0.25, 0.3) is 0 Å². The quantitative estimate of drug-likeness (QED) is 0.738. The van der Waals surface area contributed by atoms with Crippen molar-refractivity contribution in [2.45, 2.75) is 31.0 Å². The van der Waals surface area contributed by atoms with Gasteiger partial charge >= 0.3 is 18.2 Å². The van der Waals surface area contributed by atoms with Crippen LogP contribution < -0.4 is 5.32 Å². The van der Waals surface area contributed by atoms with Crippen LogP contribution in [0.2, 0.25) is 0 Å². The maximum Gasteiger partial charge on any atom is 0.416 e. The standard InChI is InChI=1S/C23H23F3N2O3/c24-23(25,26)19-9-5-4-8-18(19)15-10-16-12-28(13-17(16)11-15)22(31)27-20(21(29)30)14-6-2-1-3-7-14/h1-9,15-17,20H,10-13H2,(H,27,31)(H,29,30)/t15?,16-,17+,20-/m0/s1. The molecule has 2 aliphatic rings. The SMILES string of the molecule is O=C(O)[C@@H](NC(=O)N1C[C@H]2CC(c3ccccc3C(F)(F)F)C[C@H]2C1)c1ccccc1. The molecule has 164 valence electrons. The van der Waals surface area contributed by atoms with E-state index in [-0.39, 0.29) is 17.8 Å². The Balaban J connectivity index is 1.41. The van der Waals surface area contributed by atoms with Gasteiger partial charge in [0.1, 0.15) is 0 Å². The van der Waals surface area contributed by atoms with Gasteiger partial charge in [0, 0.05) is 13.1 Å². The molecule has 4 atom stereocenters. The molecule has 2 N–H and O–H groups in total. The van der Waals surface area contributed by atoms with Crippen LogP contribution >= 0.6 is 0 Å². The minimum absolute atomic E-state index is 0.108. The lowest BCUT2D eigenvalue weighted by Gasteiger charge is -2.23. The summed E-state index contributed by atoms with van der Waals surface area (Å²) in [5.41, 5.74) is 0.226. The fourth-order valence-electron chi connectivity index (χ4n) is 4.98. The van der Waals surface area contributed by atoms with Gasteiger partial charge in [-0.3, -0.25) is 0 Å². The van der Waals surface area contributed by atoms with E-state index in [1.165, 1.54) is 6.07 Å². The van der Waals surface area contributed by atoms with E-state index in [1.807, 2.05) is 0 Å². The lowest BCUT2D eigenvalue weighted by molar-refractivity contribution is -0.140. The molecule has 1 saturated carbocycles. The molecule has 2 amide bonds. The van der Waals surface area contributed by atoms with E-state index >= 15 is 0 Å². The van der Waals surface area contributed by atoms with Crippen LogP contribution in [-0.4, -0.2) is 35.1 Å². The second kappa shape index (κ2) is 8.24. The molecule has 1 heterocycles. The summed E-state index contributed by atoms with van der Waals surface area (Å²) in [6.07, 6.45) is -3.21. The van der Waals surface area contributed by atoms with Crippen molar-refractivity contribution in [3.05, 3.63) is 71.3 Å². The third-order valence-electron chi connectivity index (χ3n) is 6.39. The van der Waals surface area contributed by atoms with Crippen molar-refractivity contribution < 1.29 is 27.9 Å². The van der Waals surface area contributed by atoms with Crippen LogP contribution in [0.1, 0.15) is 41.5 Å². The molecular weight excluding hydrogens is 409 g/mol. The second-order valence-electron chi connectivity index (χ2n) is 8.31. The number of nitrogens with one attached hydrogen (secondary N) is 1. The lowest BCUT2D eigenvalue weighted by atomic mass is 9.91. The number of urea groups is 1. The van der Waals surface area contributed by atoms with Gasteiger partial charge in [0.25, 0.3) is 0 Å². The summed E-state index contributed by atoms with van der Waals surface area (Å²) in [4.78, 5) is 25.9. The number of likely N-dealkylation sites (tertiary alicyclic amines) is 1. The Morgan fingerprint density at radius 2 is 1.55 bits per heavy atom. The summed E-state index contributed by atoms with van der Waals surface area (Å²) >= 11 is 0. The van der Waals surface area contributed by atoms with Gasteiger partial charge in [0.2, 0.25) is 0 Å².